The fourth-order valence-corrected chi connectivity index (χ4v) is 3.39. The van der Waals surface area contributed by atoms with Crippen molar-refractivity contribution in [3.63, 3.8) is 0 Å². The number of carboxylic acid groups (broad SMARTS) is 1. The number of hydrogen-bond donors (Lipinski definition) is 3. The zero-order chi connectivity index (χ0) is 14.6. The van der Waals surface area contributed by atoms with Crippen molar-refractivity contribution in [2.24, 2.45) is 5.92 Å². The topological polar surface area (TPSA) is 78.4 Å². The maximum absolute atomic E-state index is 12.3. The molecule has 0 radical (unpaired) electrons. The van der Waals surface area contributed by atoms with Crippen molar-refractivity contribution < 1.29 is 14.7 Å². The molecule has 5 nitrogen and oxygen atoms in total. The largest absolute Gasteiger partial charge is 0.478 e. The molecule has 0 bridgehead atoms. The van der Waals surface area contributed by atoms with Crippen LogP contribution in [0.4, 0.5) is 0 Å². The number of carboxylic acids is 1. The number of hydrogen-bond acceptors (Lipinski definition) is 3. The summed E-state index contributed by atoms with van der Waals surface area (Å²) in [6.45, 7) is 0. The van der Waals surface area contributed by atoms with Gasteiger partial charge in [0.15, 0.2) is 0 Å². The van der Waals surface area contributed by atoms with Gasteiger partial charge in [-0.3, -0.25) is 4.79 Å². The molecular formula is C16H18N2O3. The van der Waals surface area contributed by atoms with Crippen molar-refractivity contribution in [2.45, 2.75) is 43.3 Å². The normalized spacial score (nSPS) is 31.3. The standard InChI is InChI=1S/C16H18N2O3/c19-14(13-8-10-7-12(10)17-13)18-16(5-6-16)11-3-1-9(2-4-11)15(20)21/h1-4,10,12-13,17H,5-8H2,(H,18,19)(H,20,21)/t10-,12-,13-/m1/s1. The third kappa shape index (κ3) is 2.21. The molecule has 3 N–H and O–H groups in total. The molecule has 1 aromatic carbocycles. The van der Waals surface area contributed by atoms with Gasteiger partial charge in [-0.05, 0) is 49.3 Å². The van der Waals surface area contributed by atoms with Crippen molar-refractivity contribution in [1.29, 1.82) is 0 Å². The first-order chi connectivity index (χ1) is 10.1. The van der Waals surface area contributed by atoms with E-state index in [0.29, 0.717) is 12.0 Å². The number of fused-ring (bicyclic) bond motifs is 1. The summed E-state index contributed by atoms with van der Waals surface area (Å²) in [5, 5.41) is 15.5. The summed E-state index contributed by atoms with van der Waals surface area (Å²) in [7, 11) is 0. The van der Waals surface area contributed by atoms with E-state index in [1.54, 1.807) is 12.1 Å². The lowest BCUT2D eigenvalue weighted by Gasteiger charge is -2.21. The smallest absolute Gasteiger partial charge is 0.335 e. The summed E-state index contributed by atoms with van der Waals surface area (Å²) in [6.07, 6.45) is 4.01. The van der Waals surface area contributed by atoms with Crippen molar-refractivity contribution >= 4 is 11.9 Å². The van der Waals surface area contributed by atoms with Crippen LogP contribution in [-0.4, -0.2) is 29.1 Å². The number of carbonyl (C=O) groups is 2. The Labute approximate surface area is 122 Å². The lowest BCUT2D eigenvalue weighted by Crippen LogP contribution is -2.46. The SMILES string of the molecule is O=C(O)c1ccc(C2(NC(=O)[C@H]3C[C@H]4C[C@H]4N3)CC2)cc1. The quantitative estimate of drug-likeness (QED) is 0.778. The van der Waals surface area contributed by atoms with E-state index in [-0.39, 0.29) is 23.1 Å². The van der Waals surface area contributed by atoms with Crippen LogP contribution in [0.5, 0.6) is 0 Å². The van der Waals surface area contributed by atoms with Gasteiger partial charge in [-0.25, -0.2) is 4.79 Å². The van der Waals surface area contributed by atoms with Gasteiger partial charge in [0.25, 0.3) is 0 Å². The Bertz CT molecular complexity index is 596. The van der Waals surface area contributed by atoms with Crippen LogP contribution < -0.4 is 10.6 Å². The Morgan fingerprint density at radius 2 is 1.90 bits per heavy atom. The first kappa shape index (κ1) is 12.8. The highest BCUT2D eigenvalue weighted by molar-refractivity contribution is 5.87. The van der Waals surface area contributed by atoms with Crippen LogP contribution in [0.3, 0.4) is 0 Å². The number of benzene rings is 1. The third-order valence-corrected chi connectivity index (χ3v) is 4.99. The second-order valence-corrected chi connectivity index (χ2v) is 6.51. The van der Waals surface area contributed by atoms with Crippen LogP contribution in [0.15, 0.2) is 24.3 Å². The summed E-state index contributed by atoms with van der Waals surface area (Å²) >= 11 is 0. The Balaban J connectivity index is 1.46. The lowest BCUT2D eigenvalue weighted by atomic mass is 10.0. The maximum Gasteiger partial charge on any atom is 0.335 e. The van der Waals surface area contributed by atoms with Gasteiger partial charge >= 0.3 is 5.97 Å². The molecule has 1 amide bonds. The van der Waals surface area contributed by atoms with Gasteiger partial charge in [0.2, 0.25) is 5.91 Å². The minimum absolute atomic E-state index is 0.0514. The van der Waals surface area contributed by atoms with Gasteiger partial charge in [0.1, 0.15) is 0 Å². The molecule has 21 heavy (non-hydrogen) atoms. The Morgan fingerprint density at radius 3 is 2.43 bits per heavy atom. The molecule has 0 aromatic heterocycles. The van der Waals surface area contributed by atoms with E-state index in [9.17, 15) is 9.59 Å². The fourth-order valence-electron chi connectivity index (χ4n) is 3.39. The van der Waals surface area contributed by atoms with E-state index in [1.165, 1.54) is 6.42 Å². The molecule has 3 aliphatic rings. The Kier molecular flexibility index (Phi) is 2.63. The van der Waals surface area contributed by atoms with Gasteiger partial charge in [0.05, 0.1) is 17.1 Å². The van der Waals surface area contributed by atoms with Crippen molar-refractivity contribution in [1.82, 2.24) is 10.6 Å². The summed E-state index contributed by atoms with van der Waals surface area (Å²) < 4.78 is 0. The van der Waals surface area contributed by atoms with E-state index in [0.717, 1.165) is 24.8 Å². The minimum Gasteiger partial charge on any atom is -0.478 e. The first-order valence-corrected chi connectivity index (χ1v) is 7.49. The van der Waals surface area contributed by atoms with Crippen LogP contribution in [0.2, 0.25) is 0 Å². The zero-order valence-electron chi connectivity index (χ0n) is 11.6. The number of rotatable bonds is 4. The van der Waals surface area contributed by atoms with E-state index in [4.69, 9.17) is 5.11 Å². The first-order valence-electron chi connectivity index (χ1n) is 7.49. The Morgan fingerprint density at radius 1 is 1.19 bits per heavy atom. The Hall–Kier alpha value is -1.88. The number of aromatic carboxylic acids is 1. The number of carbonyl (C=O) groups excluding carboxylic acids is 1. The number of amides is 1. The molecule has 3 fully saturated rings. The molecule has 1 aliphatic heterocycles. The summed E-state index contributed by atoms with van der Waals surface area (Å²) in [5.41, 5.74) is 1.00. The van der Waals surface area contributed by atoms with Crippen molar-refractivity contribution in [3.05, 3.63) is 35.4 Å². The average Bonchev–Trinajstić information content (AvgIpc) is 3.39. The van der Waals surface area contributed by atoms with Gasteiger partial charge < -0.3 is 15.7 Å². The monoisotopic (exact) mass is 286 g/mol. The molecule has 5 heteroatoms. The van der Waals surface area contributed by atoms with Crippen LogP contribution in [-0.2, 0) is 10.3 Å². The second-order valence-electron chi connectivity index (χ2n) is 6.51. The summed E-state index contributed by atoms with van der Waals surface area (Å²) in [6, 6.07) is 7.35. The molecule has 1 heterocycles. The van der Waals surface area contributed by atoms with Gasteiger partial charge in [-0.2, -0.15) is 0 Å². The molecule has 2 saturated carbocycles. The molecular weight excluding hydrogens is 268 g/mol. The maximum atomic E-state index is 12.3. The second kappa shape index (κ2) is 4.31. The highest BCUT2D eigenvalue weighted by Crippen LogP contribution is 2.46. The van der Waals surface area contributed by atoms with Gasteiger partial charge in [0, 0.05) is 6.04 Å². The van der Waals surface area contributed by atoms with Crippen LogP contribution in [0, 0.1) is 5.92 Å². The van der Waals surface area contributed by atoms with E-state index >= 15 is 0 Å². The summed E-state index contributed by atoms with van der Waals surface area (Å²) in [5.74, 6) is -0.141. The third-order valence-electron chi connectivity index (χ3n) is 4.99. The van der Waals surface area contributed by atoms with Crippen molar-refractivity contribution in [2.75, 3.05) is 0 Å². The lowest BCUT2D eigenvalue weighted by molar-refractivity contribution is -0.124. The van der Waals surface area contributed by atoms with E-state index < -0.39 is 5.97 Å². The molecule has 1 aromatic rings. The van der Waals surface area contributed by atoms with Crippen LogP contribution in [0.1, 0.15) is 41.6 Å². The molecule has 0 unspecified atom stereocenters. The summed E-state index contributed by atoms with van der Waals surface area (Å²) in [4.78, 5) is 23.2. The fraction of sp³-hybridized carbons (Fsp3) is 0.500. The molecule has 3 atom stereocenters. The average molecular weight is 286 g/mol. The highest BCUT2D eigenvalue weighted by atomic mass is 16.4. The number of piperidine rings is 1. The predicted octanol–water partition coefficient (Wildman–Crippen LogP) is 1.24. The van der Waals surface area contributed by atoms with E-state index in [2.05, 4.69) is 10.6 Å². The van der Waals surface area contributed by atoms with Crippen molar-refractivity contribution in [3.8, 4) is 0 Å². The molecule has 0 spiro atoms. The van der Waals surface area contributed by atoms with Gasteiger partial charge in [-0.1, -0.05) is 12.1 Å². The molecule has 110 valence electrons. The molecule has 4 rings (SSSR count). The van der Waals surface area contributed by atoms with Crippen LogP contribution >= 0.6 is 0 Å². The predicted molar refractivity (Wildman–Crippen MR) is 75.9 cm³/mol. The minimum atomic E-state index is -0.926. The molecule has 2 aliphatic carbocycles. The van der Waals surface area contributed by atoms with E-state index in [1.807, 2.05) is 12.1 Å². The van der Waals surface area contributed by atoms with Crippen LogP contribution in [0.25, 0.3) is 0 Å². The highest BCUT2D eigenvalue weighted by Gasteiger charge is 2.51. The van der Waals surface area contributed by atoms with Gasteiger partial charge in [-0.15, -0.1) is 0 Å². The number of nitrogens with one attached hydrogen (secondary N) is 2. The zero-order valence-corrected chi connectivity index (χ0v) is 11.6. The molecule has 1 saturated heterocycles.